The number of rotatable bonds is 5. The fourth-order valence-corrected chi connectivity index (χ4v) is 4.77. The van der Waals surface area contributed by atoms with Crippen molar-refractivity contribution in [2.45, 2.75) is 26.3 Å². The lowest BCUT2D eigenvalue weighted by Gasteiger charge is -2.25. The number of nitrogens with zero attached hydrogens (tertiary/aromatic N) is 1. The molecule has 3 aromatic carbocycles. The highest BCUT2D eigenvalue weighted by Crippen LogP contribution is 2.38. The monoisotopic (exact) mass is 439 g/mol. The van der Waals surface area contributed by atoms with Crippen LogP contribution in [0.1, 0.15) is 44.4 Å². The van der Waals surface area contributed by atoms with Gasteiger partial charge in [-0.2, -0.15) is 0 Å². The van der Waals surface area contributed by atoms with Crippen LogP contribution >= 0.6 is 0 Å². The number of hydrogen-bond donors (Lipinski definition) is 0. The molecule has 0 bridgehead atoms. The van der Waals surface area contributed by atoms with Crippen molar-refractivity contribution in [2.75, 3.05) is 13.7 Å². The smallest absolute Gasteiger partial charge is 0.290 e. The van der Waals surface area contributed by atoms with Crippen molar-refractivity contribution >= 4 is 16.9 Å². The fraction of sp³-hybridized carbons (Fsp3) is 0.214. The lowest BCUT2D eigenvalue weighted by atomic mass is 9.97. The molecule has 1 amide bonds. The molecule has 1 aliphatic heterocycles. The second-order valence-electron chi connectivity index (χ2n) is 8.54. The average Bonchev–Trinajstić information content (AvgIpc) is 3.10. The summed E-state index contributed by atoms with van der Waals surface area (Å²) in [6, 6.07) is 20.8. The van der Waals surface area contributed by atoms with Crippen LogP contribution < -0.4 is 10.2 Å². The van der Waals surface area contributed by atoms with Crippen molar-refractivity contribution in [2.24, 2.45) is 0 Å². The van der Waals surface area contributed by atoms with Crippen molar-refractivity contribution in [1.29, 1.82) is 0 Å². The van der Waals surface area contributed by atoms with Gasteiger partial charge < -0.3 is 14.1 Å². The summed E-state index contributed by atoms with van der Waals surface area (Å²) in [6.45, 7) is 4.33. The molecule has 0 fully saturated rings. The van der Waals surface area contributed by atoms with Gasteiger partial charge in [0.15, 0.2) is 5.43 Å². The highest BCUT2D eigenvalue weighted by atomic mass is 16.5. The first-order valence-electron chi connectivity index (χ1n) is 11.0. The highest BCUT2D eigenvalue weighted by molar-refractivity contribution is 5.99. The standard InChI is InChI=1S/C28H25NO4/c1-17-15-18(2)23-22(16-17)33-27-24(26(23)30)25(20-7-5-4-6-8-20)29(28(27)31)14-13-19-9-11-21(32-3)12-10-19/h4-12,15-16,25H,13-14H2,1-3H3. The summed E-state index contributed by atoms with van der Waals surface area (Å²) < 4.78 is 11.4. The van der Waals surface area contributed by atoms with Crippen LogP contribution in [-0.2, 0) is 6.42 Å². The number of amides is 1. The third-order valence-corrected chi connectivity index (χ3v) is 6.33. The number of hydrogen-bond acceptors (Lipinski definition) is 4. The molecule has 1 atom stereocenters. The van der Waals surface area contributed by atoms with E-state index < -0.39 is 6.04 Å². The molecule has 0 saturated heterocycles. The van der Waals surface area contributed by atoms with Crippen LogP contribution in [0.4, 0.5) is 0 Å². The molecular formula is C28H25NO4. The molecule has 0 aliphatic carbocycles. The second kappa shape index (κ2) is 8.24. The zero-order chi connectivity index (χ0) is 23.1. The summed E-state index contributed by atoms with van der Waals surface area (Å²) in [5, 5.41) is 0.546. The maximum absolute atomic E-state index is 13.7. The van der Waals surface area contributed by atoms with Crippen LogP contribution in [-0.4, -0.2) is 24.5 Å². The minimum Gasteiger partial charge on any atom is -0.497 e. The molecule has 0 N–H and O–H groups in total. The van der Waals surface area contributed by atoms with E-state index in [0.29, 0.717) is 29.5 Å². The first-order valence-corrected chi connectivity index (χ1v) is 11.0. The Labute approximate surface area is 192 Å². The molecule has 0 spiro atoms. The van der Waals surface area contributed by atoms with Crippen LogP contribution in [0.5, 0.6) is 5.75 Å². The molecule has 5 rings (SSSR count). The van der Waals surface area contributed by atoms with E-state index in [1.54, 1.807) is 12.0 Å². The van der Waals surface area contributed by atoms with Gasteiger partial charge in [0, 0.05) is 6.54 Å². The van der Waals surface area contributed by atoms with Gasteiger partial charge in [0.25, 0.3) is 5.91 Å². The predicted molar refractivity (Wildman–Crippen MR) is 128 cm³/mol. The Morgan fingerprint density at radius 2 is 1.70 bits per heavy atom. The summed E-state index contributed by atoms with van der Waals surface area (Å²) in [5.41, 5.74) is 4.60. The van der Waals surface area contributed by atoms with E-state index in [4.69, 9.17) is 9.15 Å². The van der Waals surface area contributed by atoms with Crippen molar-refractivity contribution < 1.29 is 13.9 Å². The number of carbonyl (C=O) groups excluding carboxylic acids is 1. The molecule has 0 saturated carbocycles. The number of fused-ring (bicyclic) bond motifs is 2. The Morgan fingerprint density at radius 3 is 2.39 bits per heavy atom. The van der Waals surface area contributed by atoms with Crippen LogP contribution in [0.25, 0.3) is 11.0 Å². The molecule has 4 aromatic rings. The molecule has 33 heavy (non-hydrogen) atoms. The first-order chi connectivity index (χ1) is 16.0. The summed E-state index contributed by atoms with van der Waals surface area (Å²) in [7, 11) is 1.64. The zero-order valence-corrected chi connectivity index (χ0v) is 18.9. The van der Waals surface area contributed by atoms with Crippen molar-refractivity contribution in [1.82, 2.24) is 4.90 Å². The molecule has 1 unspecified atom stereocenters. The van der Waals surface area contributed by atoms with E-state index >= 15 is 0 Å². The van der Waals surface area contributed by atoms with Gasteiger partial charge in [-0.15, -0.1) is 0 Å². The summed E-state index contributed by atoms with van der Waals surface area (Å²) in [4.78, 5) is 29.0. The number of ether oxygens (including phenoxy) is 1. The normalized spacial score (nSPS) is 15.2. The van der Waals surface area contributed by atoms with Gasteiger partial charge in [-0.3, -0.25) is 9.59 Å². The zero-order valence-electron chi connectivity index (χ0n) is 18.9. The largest absolute Gasteiger partial charge is 0.497 e. The topological polar surface area (TPSA) is 59.8 Å². The van der Waals surface area contributed by atoms with Crippen molar-refractivity contribution in [3.8, 4) is 5.75 Å². The summed E-state index contributed by atoms with van der Waals surface area (Å²) in [5.74, 6) is 0.698. The number of aryl methyl sites for hydroxylation is 2. The van der Waals surface area contributed by atoms with Gasteiger partial charge in [0.2, 0.25) is 5.76 Å². The SMILES string of the molecule is COc1ccc(CCN2C(=O)c3oc4cc(C)cc(C)c4c(=O)c3C2c2ccccc2)cc1. The molecule has 1 aromatic heterocycles. The molecule has 166 valence electrons. The Hall–Kier alpha value is -3.86. The molecular weight excluding hydrogens is 414 g/mol. The average molecular weight is 440 g/mol. The number of benzene rings is 3. The summed E-state index contributed by atoms with van der Waals surface area (Å²) >= 11 is 0. The molecule has 5 heteroatoms. The molecule has 0 radical (unpaired) electrons. The molecule has 1 aliphatic rings. The van der Waals surface area contributed by atoms with Gasteiger partial charge in [-0.05, 0) is 60.7 Å². The van der Waals surface area contributed by atoms with Crippen LogP contribution in [0.3, 0.4) is 0 Å². The second-order valence-corrected chi connectivity index (χ2v) is 8.54. The predicted octanol–water partition coefficient (Wildman–Crippen LogP) is 5.21. The maximum atomic E-state index is 13.7. The van der Waals surface area contributed by atoms with E-state index in [1.807, 2.05) is 80.6 Å². The molecule has 5 nitrogen and oxygen atoms in total. The number of methoxy groups -OCH3 is 1. The minimum absolute atomic E-state index is 0.127. The Bertz CT molecular complexity index is 1400. The van der Waals surface area contributed by atoms with E-state index in [2.05, 4.69) is 0 Å². The molecule has 2 heterocycles. The van der Waals surface area contributed by atoms with Gasteiger partial charge in [0.1, 0.15) is 11.3 Å². The number of carbonyl (C=O) groups is 1. The first kappa shape index (κ1) is 21.0. The van der Waals surface area contributed by atoms with E-state index in [0.717, 1.165) is 28.0 Å². The highest BCUT2D eigenvalue weighted by Gasteiger charge is 2.42. The van der Waals surface area contributed by atoms with Crippen molar-refractivity contribution in [3.63, 3.8) is 0 Å². The lowest BCUT2D eigenvalue weighted by molar-refractivity contribution is 0.0730. The van der Waals surface area contributed by atoms with Gasteiger partial charge >= 0.3 is 0 Å². The van der Waals surface area contributed by atoms with Crippen LogP contribution in [0, 0.1) is 13.8 Å². The van der Waals surface area contributed by atoms with Crippen molar-refractivity contribution in [3.05, 3.63) is 111 Å². The quantitative estimate of drug-likeness (QED) is 0.429. The van der Waals surface area contributed by atoms with Gasteiger partial charge in [-0.25, -0.2) is 0 Å². The van der Waals surface area contributed by atoms with Crippen LogP contribution in [0.15, 0.2) is 75.9 Å². The fourth-order valence-electron chi connectivity index (χ4n) is 4.77. The summed E-state index contributed by atoms with van der Waals surface area (Å²) in [6.07, 6.45) is 0.652. The Balaban J connectivity index is 1.61. The third kappa shape index (κ3) is 3.59. The Kier molecular flexibility index (Phi) is 5.25. The van der Waals surface area contributed by atoms with E-state index in [-0.39, 0.29) is 17.1 Å². The van der Waals surface area contributed by atoms with Gasteiger partial charge in [-0.1, -0.05) is 48.5 Å². The third-order valence-electron chi connectivity index (χ3n) is 6.33. The van der Waals surface area contributed by atoms with Crippen LogP contribution in [0.2, 0.25) is 0 Å². The maximum Gasteiger partial charge on any atom is 0.290 e. The van der Waals surface area contributed by atoms with E-state index in [1.165, 1.54) is 0 Å². The Morgan fingerprint density at radius 1 is 0.970 bits per heavy atom. The lowest BCUT2D eigenvalue weighted by Crippen LogP contribution is -2.31. The van der Waals surface area contributed by atoms with E-state index in [9.17, 15) is 9.59 Å². The minimum atomic E-state index is -0.478. The van der Waals surface area contributed by atoms with Gasteiger partial charge in [0.05, 0.1) is 24.1 Å².